The molecule has 0 spiro atoms. The van der Waals surface area contributed by atoms with E-state index in [0.717, 1.165) is 25.1 Å². The van der Waals surface area contributed by atoms with Gasteiger partial charge in [0.05, 0.1) is 6.10 Å². The highest BCUT2D eigenvalue weighted by Gasteiger charge is 2.21. The molecule has 1 saturated heterocycles. The Bertz CT molecular complexity index is 302. The lowest BCUT2D eigenvalue weighted by molar-refractivity contribution is 0.125. The van der Waals surface area contributed by atoms with Gasteiger partial charge in [0.1, 0.15) is 0 Å². The maximum absolute atomic E-state index is 9.98. The Kier molecular flexibility index (Phi) is 3.36. The molecule has 3 heteroatoms. The van der Waals surface area contributed by atoms with Gasteiger partial charge in [-0.3, -0.25) is 4.90 Å². The average Bonchev–Trinajstić information content (AvgIpc) is 2.65. The van der Waals surface area contributed by atoms with E-state index in [1.54, 1.807) is 0 Å². The molecule has 2 atom stereocenters. The Hall–Kier alpha value is -0.900. The van der Waals surface area contributed by atoms with Crippen molar-refractivity contribution in [2.45, 2.75) is 18.6 Å². The van der Waals surface area contributed by atoms with Crippen LogP contribution in [0.4, 0.5) is 0 Å². The van der Waals surface area contributed by atoms with E-state index in [-0.39, 0.29) is 6.04 Å². The van der Waals surface area contributed by atoms with E-state index in [1.165, 1.54) is 0 Å². The fourth-order valence-electron chi connectivity index (χ4n) is 2.05. The highest BCUT2D eigenvalue weighted by Crippen LogP contribution is 2.16. The highest BCUT2D eigenvalue weighted by atomic mass is 16.3. The maximum Gasteiger partial charge on any atom is 0.0916 e. The Balaban J connectivity index is 1.90. The van der Waals surface area contributed by atoms with E-state index in [9.17, 15) is 5.11 Å². The van der Waals surface area contributed by atoms with E-state index in [2.05, 4.69) is 4.90 Å². The summed E-state index contributed by atoms with van der Waals surface area (Å²) in [5.74, 6) is 0. The molecule has 0 aromatic heterocycles. The van der Waals surface area contributed by atoms with Crippen molar-refractivity contribution in [1.29, 1.82) is 0 Å². The van der Waals surface area contributed by atoms with E-state index in [0.29, 0.717) is 6.54 Å². The molecule has 0 bridgehead atoms. The zero-order valence-corrected chi connectivity index (χ0v) is 8.84. The second-order valence-corrected chi connectivity index (χ2v) is 4.23. The second-order valence-electron chi connectivity index (χ2n) is 4.23. The summed E-state index contributed by atoms with van der Waals surface area (Å²) in [5.41, 5.74) is 6.80. The minimum absolute atomic E-state index is 0.285. The minimum Gasteiger partial charge on any atom is -0.387 e. The lowest BCUT2D eigenvalue weighted by Crippen LogP contribution is -2.30. The van der Waals surface area contributed by atoms with Gasteiger partial charge in [0.25, 0.3) is 0 Å². The number of aliphatic hydroxyl groups is 1. The van der Waals surface area contributed by atoms with E-state index < -0.39 is 6.10 Å². The molecule has 15 heavy (non-hydrogen) atoms. The summed E-state index contributed by atoms with van der Waals surface area (Å²) in [5, 5.41) is 9.98. The van der Waals surface area contributed by atoms with Crippen LogP contribution in [0, 0.1) is 0 Å². The number of likely N-dealkylation sites (tertiary alicyclic amines) is 1. The fourth-order valence-corrected chi connectivity index (χ4v) is 2.05. The van der Waals surface area contributed by atoms with Crippen LogP contribution in [0.15, 0.2) is 30.3 Å². The predicted molar refractivity (Wildman–Crippen MR) is 60.4 cm³/mol. The molecule has 1 aromatic carbocycles. The van der Waals surface area contributed by atoms with Gasteiger partial charge in [-0.05, 0) is 18.5 Å². The molecular weight excluding hydrogens is 188 g/mol. The first-order valence-corrected chi connectivity index (χ1v) is 5.46. The minimum atomic E-state index is -0.392. The molecular formula is C12H18N2O. The van der Waals surface area contributed by atoms with Crippen molar-refractivity contribution in [3.05, 3.63) is 35.9 Å². The maximum atomic E-state index is 9.98. The van der Waals surface area contributed by atoms with Crippen LogP contribution in [0.1, 0.15) is 18.1 Å². The quantitative estimate of drug-likeness (QED) is 0.767. The van der Waals surface area contributed by atoms with Crippen molar-refractivity contribution in [3.63, 3.8) is 0 Å². The van der Waals surface area contributed by atoms with E-state index in [4.69, 9.17) is 5.73 Å². The standard InChI is InChI=1S/C12H18N2O/c13-11-6-7-14(8-11)9-12(15)10-4-2-1-3-5-10/h1-5,11-12,15H,6-9,13H2. The first-order chi connectivity index (χ1) is 7.25. The zero-order chi connectivity index (χ0) is 10.7. The van der Waals surface area contributed by atoms with Crippen molar-refractivity contribution >= 4 is 0 Å². The summed E-state index contributed by atoms with van der Waals surface area (Å²) in [6.45, 7) is 2.60. The van der Waals surface area contributed by atoms with Gasteiger partial charge in [-0.15, -0.1) is 0 Å². The SMILES string of the molecule is NC1CCN(CC(O)c2ccccc2)C1. The number of rotatable bonds is 3. The van der Waals surface area contributed by atoms with Crippen LogP contribution in [0.5, 0.6) is 0 Å². The van der Waals surface area contributed by atoms with Crippen molar-refractivity contribution in [2.75, 3.05) is 19.6 Å². The Labute approximate surface area is 90.5 Å². The Morgan fingerprint density at radius 3 is 2.73 bits per heavy atom. The van der Waals surface area contributed by atoms with Gasteiger partial charge in [-0.2, -0.15) is 0 Å². The van der Waals surface area contributed by atoms with Crippen molar-refractivity contribution in [3.8, 4) is 0 Å². The third-order valence-corrected chi connectivity index (χ3v) is 2.92. The number of hydrogen-bond donors (Lipinski definition) is 2. The molecule has 1 aliphatic rings. The van der Waals surface area contributed by atoms with Gasteiger partial charge in [0.2, 0.25) is 0 Å². The van der Waals surface area contributed by atoms with E-state index >= 15 is 0 Å². The molecule has 82 valence electrons. The number of hydrogen-bond acceptors (Lipinski definition) is 3. The van der Waals surface area contributed by atoms with Crippen LogP contribution in [0.2, 0.25) is 0 Å². The van der Waals surface area contributed by atoms with Crippen LogP contribution >= 0.6 is 0 Å². The molecule has 1 fully saturated rings. The third-order valence-electron chi connectivity index (χ3n) is 2.92. The fraction of sp³-hybridized carbons (Fsp3) is 0.500. The Morgan fingerprint density at radius 2 is 2.13 bits per heavy atom. The van der Waals surface area contributed by atoms with Crippen LogP contribution in [0.3, 0.4) is 0 Å². The average molecular weight is 206 g/mol. The van der Waals surface area contributed by atoms with Crippen LogP contribution < -0.4 is 5.73 Å². The zero-order valence-electron chi connectivity index (χ0n) is 8.84. The molecule has 1 heterocycles. The van der Waals surface area contributed by atoms with Gasteiger partial charge < -0.3 is 10.8 Å². The predicted octanol–water partition coefficient (Wildman–Crippen LogP) is 0.753. The lowest BCUT2D eigenvalue weighted by atomic mass is 10.1. The van der Waals surface area contributed by atoms with E-state index in [1.807, 2.05) is 30.3 Å². The molecule has 3 N–H and O–H groups in total. The van der Waals surface area contributed by atoms with Crippen molar-refractivity contribution in [1.82, 2.24) is 4.90 Å². The van der Waals surface area contributed by atoms with Gasteiger partial charge in [0.15, 0.2) is 0 Å². The summed E-state index contributed by atoms with van der Waals surface area (Å²) in [7, 11) is 0. The first kappa shape index (κ1) is 10.6. The summed E-state index contributed by atoms with van der Waals surface area (Å²) in [6, 6.07) is 10.1. The normalized spacial score (nSPS) is 24.3. The van der Waals surface area contributed by atoms with Crippen LogP contribution in [0.25, 0.3) is 0 Å². The molecule has 2 unspecified atom stereocenters. The topological polar surface area (TPSA) is 49.5 Å². The van der Waals surface area contributed by atoms with Gasteiger partial charge in [-0.1, -0.05) is 30.3 Å². The molecule has 1 aliphatic heterocycles. The molecule has 0 aliphatic carbocycles. The van der Waals surface area contributed by atoms with Crippen molar-refractivity contribution in [2.24, 2.45) is 5.73 Å². The number of β-amino-alcohol motifs (C(OH)–C–C–N with tert-alkyl or cyclic N) is 1. The van der Waals surface area contributed by atoms with Gasteiger partial charge in [0, 0.05) is 19.1 Å². The largest absolute Gasteiger partial charge is 0.387 e. The van der Waals surface area contributed by atoms with Gasteiger partial charge in [-0.25, -0.2) is 0 Å². The lowest BCUT2D eigenvalue weighted by Gasteiger charge is -2.19. The number of aliphatic hydroxyl groups excluding tert-OH is 1. The summed E-state index contributed by atoms with van der Waals surface area (Å²) in [6.07, 6.45) is 0.651. The molecule has 0 amide bonds. The highest BCUT2D eigenvalue weighted by molar-refractivity contribution is 5.17. The summed E-state index contributed by atoms with van der Waals surface area (Å²) in [4.78, 5) is 2.22. The Morgan fingerprint density at radius 1 is 1.40 bits per heavy atom. The molecule has 2 rings (SSSR count). The smallest absolute Gasteiger partial charge is 0.0916 e. The van der Waals surface area contributed by atoms with Gasteiger partial charge >= 0.3 is 0 Å². The van der Waals surface area contributed by atoms with Crippen LogP contribution in [-0.4, -0.2) is 35.7 Å². The number of benzene rings is 1. The monoisotopic (exact) mass is 206 g/mol. The van der Waals surface area contributed by atoms with Crippen molar-refractivity contribution < 1.29 is 5.11 Å². The molecule has 3 nitrogen and oxygen atoms in total. The molecule has 1 aromatic rings. The summed E-state index contributed by atoms with van der Waals surface area (Å²) >= 11 is 0. The third kappa shape index (κ3) is 2.78. The first-order valence-electron chi connectivity index (χ1n) is 5.46. The van der Waals surface area contributed by atoms with Crippen LogP contribution in [-0.2, 0) is 0 Å². The molecule has 0 saturated carbocycles. The summed E-state index contributed by atoms with van der Waals surface area (Å²) < 4.78 is 0. The number of nitrogens with zero attached hydrogens (tertiary/aromatic N) is 1. The molecule has 0 radical (unpaired) electrons. The second kappa shape index (κ2) is 4.75. The number of nitrogens with two attached hydrogens (primary N) is 1.